The Kier molecular flexibility index (Phi) is 23.6. The van der Waals surface area contributed by atoms with Gasteiger partial charge in [0, 0.05) is 19.3 Å². The first kappa shape index (κ1) is 34.1. The van der Waals surface area contributed by atoms with Crippen molar-refractivity contribution in [2.45, 2.75) is 161 Å². The van der Waals surface area contributed by atoms with Crippen LogP contribution >= 0.6 is 0 Å². The van der Waals surface area contributed by atoms with Crippen molar-refractivity contribution in [3.05, 3.63) is 12.7 Å². The Labute approximate surface area is 220 Å². The van der Waals surface area contributed by atoms with E-state index in [0.717, 1.165) is 96.3 Å². The van der Waals surface area contributed by atoms with E-state index in [1.54, 1.807) is 0 Å². The molecule has 6 heteroatoms. The maximum Gasteiger partial charge on any atom is 0.306 e. The number of allylic oxidation sites excluding steroid dienone is 1. The molecule has 2 unspecified atom stereocenters. The number of ether oxygens (including phenoxy) is 2. The minimum Gasteiger partial charge on any atom is -0.481 e. The predicted octanol–water partition coefficient (Wildman–Crippen LogP) is 8.31. The highest BCUT2D eigenvalue weighted by Crippen LogP contribution is 2.14. The molecular formula is C30H54O6. The van der Waals surface area contributed by atoms with Crippen molar-refractivity contribution < 1.29 is 29.0 Å². The van der Waals surface area contributed by atoms with Gasteiger partial charge in [-0.2, -0.15) is 0 Å². The number of carboxylic acid groups (broad SMARTS) is 1. The number of carboxylic acids is 1. The van der Waals surface area contributed by atoms with Crippen molar-refractivity contribution in [3.63, 3.8) is 0 Å². The molecule has 0 aliphatic rings. The number of carbonyl (C=O) groups excluding carboxylic acids is 2. The van der Waals surface area contributed by atoms with Gasteiger partial charge in [-0.05, 0) is 71.6 Å². The highest BCUT2D eigenvalue weighted by atomic mass is 16.5. The van der Waals surface area contributed by atoms with E-state index in [2.05, 4.69) is 6.58 Å². The fourth-order valence-electron chi connectivity index (χ4n) is 4.24. The molecule has 0 rings (SSSR count). The van der Waals surface area contributed by atoms with Crippen molar-refractivity contribution in [2.24, 2.45) is 0 Å². The van der Waals surface area contributed by atoms with Crippen LogP contribution in [-0.2, 0) is 23.9 Å². The molecule has 0 amide bonds. The molecule has 0 aromatic rings. The van der Waals surface area contributed by atoms with Gasteiger partial charge >= 0.3 is 17.9 Å². The molecule has 2 atom stereocenters. The smallest absolute Gasteiger partial charge is 0.306 e. The number of rotatable bonds is 26. The molecule has 6 nitrogen and oxygen atoms in total. The molecule has 0 aromatic heterocycles. The van der Waals surface area contributed by atoms with Crippen LogP contribution in [0.4, 0.5) is 0 Å². The molecule has 0 heterocycles. The van der Waals surface area contributed by atoms with E-state index in [1.807, 2.05) is 19.9 Å². The van der Waals surface area contributed by atoms with Crippen molar-refractivity contribution in [3.8, 4) is 0 Å². The number of carbonyl (C=O) groups is 3. The predicted molar refractivity (Wildman–Crippen MR) is 146 cm³/mol. The van der Waals surface area contributed by atoms with Gasteiger partial charge in [0.25, 0.3) is 0 Å². The summed E-state index contributed by atoms with van der Waals surface area (Å²) in [5, 5.41) is 8.62. The Balaban J connectivity index is 3.52. The van der Waals surface area contributed by atoms with Crippen LogP contribution in [0.3, 0.4) is 0 Å². The standard InChI is InChI=1S/C30H54O6/c1-4-5-6-7-8-14-19-24-29(33)35-27(3)22-17-12-10-15-20-25-30(34)36-26(2)21-16-11-9-13-18-23-28(31)32/h4,26-27H,1,5-25H2,2-3H3,(H,31,32). The van der Waals surface area contributed by atoms with Crippen LogP contribution in [-0.4, -0.2) is 35.2 Å². The Morgan fingerprint density at radius 2 is 0.972 bits per heavy atom. The lowest BCUT2D eigenvalue weighted by atomic mass is 10.1. The molecule has 0 fully saturated rings. The molecule has 36 heavy (non-hydrogen) atoms. The summed E-state index contributed by atoms with van der Waals surface area (Å²) in [5.74, 6) is -0.909. The average molecular weight is 511 g/mol. The van der Waals surface area contributed by atoms with Crippen molar-refractivity contribution in [2.75, 3.05) is 0 Å². The highest BCUT2D eigenvalue weighted by Gasteiger charge is 2.11. The first-order valence-electron chi connectivity index (χ1n) is 14.6. The Hall–Kier alpha value is -1.85. The molecule has 1 N–H and O–H groups in total. The first-order chi connectivity index (χ1) is 17.3. The lowest BCUT2D eigenvalue weighted by molar-refractivity contribution is -0.149. The van der Waals surface area contributed by atoms with Crippen LogP contribution in [0, 0.1) is 0 Å². The fraction of sp³-hybridized carbons (Fsp3) is 0.833. The molecule has 0 bridgehead atoms. The van der Waals surface area contributed by atoms with Gasteiger partial charge in [0.2, 0.25) is 0 Å². The molecule has 0 saturated carbocycles. The van der Waals surface area contributed by atoms with Crippen LogP contribution < -0.4 is 0 Å². The van der Waals surface area contributed by atoms with Crippen LogP contribution in [0.15, 0.2) is 12.7 Å². The van der Waals surface area contributed by atoms with E-state index in [4.69, 9.17) is 14.6 Å². The summed E-state index contributed by atoms with van der Waals surface area (Å²) < 4.78 is 11.0. The number of aliphatic carboxylic acids is 1. The van der Waals surface area contributed by atoms with E-state index < -0.39 is 5.97 Å². The molecule has 0 aliphatic heterocycles. The first-order valence-corrected chi connectivity index (χ1v) is 14.6. The molecule has 0 spiro atoms. The summed E-state index contributed by atoms with van der Waals surface area (Å²) in [7, 11) is 0. The molecular weight excluding hydrogens is 456 g/mol. The zero-order chi connectivity index (χ0) is 26.9. The van der Waals surface area contributed by atoms with Crippen molar-refractivity contribution >= 4 is 17.9 Å². The maximum absolute atomic E-state index is 12.0. The molecule has 210 valence electrons. The summed E-state index contributed by atoms with van der Waals surface area (Å²) >= 11 is 0. The highest BCUT2D eigenvalue weighted by molar-refractivity contribution is 5.69. The van der Waals surface area contributed by atoms with E-state index in [-0.39, 0.29) is 30.6 Å². The quantitative estimate of drug-likeness (QED) is 0.0715. The number of hydrogen-bond acceptors (Lipinski definition) is 5. The monoisotopic (exact) mass is 510 g/mol. The maximum atomic E-state index is 12.0. The summed E-state index contributed by atoms with van der Waals surface area (Å²) in [6.45, 7) is 7.65. The van der Waals surface area contributed by atoms with Crippen LogP contribution in [0.2, 0.25) is 0 Å². The number of hydrogen-bond donors (Lipinski definition) is 1. The number of unbranched alkanes of at least 4 members (excludes halogenated alkanes) is 13. The summed E-state index contributed by atoms with van der Waals surface area (Å²) in [5.41, 5.74) is 0. The van der Waals surface area contributed by atoms with Gasteiger partial charge in [-0.15, -0.1) is 6.58 Å². The molecule has 0 radical (unpaired) electrons. The SMILES string of the molecule is C=CCCCCCCCC(=O)OC(C)CCCCCCCC(=O)OC(C)CCCCCCCC(=O)O. The summed E-state index contributed by atoms with van der Waals surface area (Å²) in [6, 6.07) is 0. The second-order valence-electron chi connectivity index (χ2n) is 10.2. The largest absolute Gasteiger partial charge is 0.481 e. The zero-order valence-corrected chi connectivity index (χ0v) is 23.3. The Bertz CT molecular complexity index is 574. The van der Waals surface area contributed by atoms with E-state index in [1.165, 1.54) is 19.3 Å². The van der Waals surface area contributed by atoms with Gasteiger partial charge < -0.3 is 14.6 Å². The Morgan fingerprint density at radius 3 is 1.39 bits per heavy atom. The third kappa shape index (κ3) is 25.2. The van der Waals surface area contributed by atoms with Crippen molar-refractivity contribution in [1.29, 1.82) is 0 Å². The van der Waals surface area contributed by atoms with E-state index in [0.29, 0.717) is 12.8 Å². The summed E-state index contributed by atoms with van der Waals surface area (Å²) in [6.07, 6.45) is 21.4. The lowest BCUT2D eigenvalue weighted by Gasteiger charge is -2.14. The fourth-order valence-corrected chi connectivity index (χ4v) is 4.24. The minimum absolute atomic E-state index is 0.0219. The van der Waals surface area contributed by atoms with Gasteiger partial charge in [-0.25, -0.2) is 0 Å². The minimum atomic E-state index is -0.727. The molecule has 0 aromatic carbocycles. The van der Waals surface area contributed by atoms with Gasteiger partial charge in [-0.3, -0.25) is 14.4 Å². The second-order valence-corrected chi connectivity index (χ2v) is 10.2. The van der Waals surface area contributed by atoms with Crippen LogP contribution in [0.25, 0.3) is 0 Å². The third-order valence-electron chi connectivity index (χ3n) is 6.45. The van der Waals surface area contributed by atoms with Gasteiger partial charge in [0.15, 0.2) is 0 Å². The normalized spacial score (nSPS) is 12.6. The van der Waals surface area contributed by atoms with Gasteiger partial charge in [0.1, 0.15) is 0 Å². The van der Waals surface area contributed by atoms with Crippen LogP contribution in [0.1, 0.15) is 149 Å². The van der Waals surface area contributed by atoms with Crippen molar-refractivity contribution in [1.82, 2.24) is 0 Å². The zero-order valence-electron chi connectivity index (χ0n) is 23.3. The topological polar surface area (TPSA) is 89.9 Å². The number of esters is 2. The van der Waals surface area contributed by atoms with E-state index in [9.17, 15) is 14.4 Å². The molecule has 0 saturated heterocycles. The lowest BCUT2D eigenvalue weighted by Crippen LogP contribution is -2.14. The molecule has 0 aliphatic carbocycles. The third-order valence-corrected chi connectivity index (χ3v) is 6.45. The summed E-state index contributed by atoms with van der Waals surface area (Å²) in [4.78, 5) is 34.4. The van der Waals surface area contributed by atoms with Crippen LogP contribution in [0.5, 0.6) is 0 Å². The average Bonchev–Trinajstić information content (AvgIpc) is 2.82. The second kappa shape index (κ2) is 24.8. The van der Waals surface area contributed by atoms with E-state index >= 15 is 0 Å². The van der Waals surface area contributed by atoms with Gasteiger partial charge in [-0.1, -0.05) is 63.9 Å². The Morgan fingerprint density at radius 1 is 0.611 bits per heavy atom. The van der Waals surface area contributed by atoms with Gasteiger partial charge in [0.05, 0.1) is 12.2 Å².